The first-order valence-corrected chi connectivity index (χ1v) is 9.03. The molecule has 0 bridgehead atoms. The number of amides is 1. The van der Waals surface area contributed by atoms with Crippen molar-refractivity contribution in [2.24, 2.45) is 5.73 Å². The van der Waals surface area contributed by atoms with Crippen molar-refractivity contribution in [1.82, 2.24) is 5.32 Å². The maximum atomic E-state index is 11.9. The van der Waals surface area contributed by atoms with Crippen LogP contribution in [0.2, 0.25) is 0 Å². The summed E-state index contributed by atoms with van der Waals surface area (Å²) in [6.45, 7) is 1.85. The van der Waals surface area contributed by atoms with E-state index in [1.54, 1.807) is 0 Å². The average Bonchev–Trinajstić information content (AvgIpc) is 2.35. The van der Waals surface area contributed by atoms with E-state index in [4.69, 9.17) is 5.73 Å². The Kier molecular flexibility index (Phi) is 8.46. The second kappa shape index (κ2) is 8.73. The highest BCUT2D eigenvalue weighted by Gasteiger charge is 2.18. The van der Waals surface area contributed by atoms with E-state index in [1.165, 1.54) is 0 Å². The second-order valence-corrected chi connectivity index (χ2v) is 7.98. The van der Waals surface area contributed by atoms with Crippen molar-refractivity contribution >= 4 is 44.1 Å². The number of nitrogens with one attached hydrogen (secondary N) is 1. The maximum Gasteiger partial charge on any atom is 0.237 e. The van der Waals surface area contributed by atoms with Crippen molar-refractivity contribution in [2.75, 3.05) is 12.0 Å². The van der Waals surface area contributed by atoms with Crippen LogP contribution < -0.4 is 11.1 Å². The summed E-state index contributed by atoms with van der Waals surface area (Å²) in [6, 6.07) is 6.58. The Morgan fingerprint density at radius 2 is 1.86 bits per heavy atom. The summed E-state index contributed by atoms with van der Waals surface area (Å²) in [6.07, 6.45) is 1.25. The molecule has 0 radical (unpaired) electrons. The van der Waals surface area contributed by atoms with Gasteiger partial charge in [0, 0.05) is 10.7 Å². The third-order valence-corrected chi connectivity index (χ3v) is 4.37. The fraction of sp³-hybridized carbons (Fsp3) is 0.462. The van der Waals surface area contributed by atoms with E-state index >= 15 is 0 Å². The molecule has 0 saturated carbocycles. The minimum absolute atomic E-state index is 0. The first kappa shape index (κ1) is 20.4. The van der Waals surface area contributed by atoms with Gasteiger partial charge in [-0.2, -0.15) is 0 Å². The van der Waals surface area contributed by atoms with Crippen LogP contribution in [0.1, 0.15) is 24.9 Å². The maximum absolute atomic E-state index is 11.9. The highest BCUT2D eigenvalue weighted by Crippen LogP contribution is 2.16. The van der Waals surface area contributed by atoms with Crippen LogP contribution >= 0.6 is 28.3 Å². The lowest BCUT2D eigenvalue weighted by molar-refractivity contribution is -0.123. The van der Waals surface area contributed by atoms with Gasteiger partial charge < -0.3 is 11.1 Å². The van der Waals surface area contributed by atoms with Gasteiger partial charge in [-0.25, -0.2) is 8.42 Å². The van der Waals surface area contributed by atoms with Gasteiger partial charge in [0.25, 0.3) is 0 Å². The molecule has 0 aliphatic rings. The van der Waals surface area contributed by atoms with Gasteiger partial charge in [-0.3, -0.25) is 4.79 Å². The summed E-state index contributed by atoms with van der Waals surface area (Å²) in [5.41, 5.74) is 6.65. The van der Waals surface area contributed by atoms with Gasteiger partial charge in [0.2, 0.25) is 5.91 Å². The Balaban J connectivity index is 0.00000400. The Hall–Kier alpha value is -0.630. The number of hydrogen-bond acceptors (Lipinski definition) is 4. The minimum Gasteiger partial charge on any atom is -0.348 e. The zero-order valence-electron chi connectivity index (χ0n) is 11.9. The summed E-state index contributed by atoms with van der Waals surface area (Å²) in [7, 11) is -3.10. The van der Waals surface area contributed by atoms with Gasteiger partial charge in [0.05, 0.1) is 17.8 Å². The molecule has 0 saturated heterocycles. The van der Waals surface area contributed by atoms with Gasteiger partial charge in [-0.05, 0) is 31.0 Å². The molecule has 2 atom stereocenters. The fourth-order valence-electron chi connectivity index (χ4n) is 1.63. The highest BCUT2D eigenvalue weighted by atomic mass is 79.9. The molecule has 1 aromatic rings. The third kappa shape index (κ3) is 7.80. The second-order valence-electron chi connectivity index (χ2n) is 4.81. The summed E-state index contributed by atoms with van der Waals surface area (Å²) < 4.78 is 23.0. The molecule has 0 aliphatic heterocycles. The number of halogens is 2. The minimum atomic E-state index is -3.10. The molecule has 0 heterocycles. The molecule has 1 rings (SSSR count). The molecule has 120 valence electrons. The number of hydrogen-bond donors (Lipinski definition) is 2. The number of sulfone groups is 1. The number of rotatable bonds is 6. The lowest BCUT2D eigenvalue weighted by Crippen LogP contribution is -2.42. The molecule has 8 heteroatoms. The van der Waals surface area contributed by atoms with Crippen LogP contribution in [0.15, 0.2) is 28.7 Å². The predicted octanol–water partition coefficient (Wildman–Crippen LogP) is 1.81. The van der Waals surface area contributed by atoms with Crippen LogP contribution in [0.25, 0.3) is 0 Å². The van der Waals surface area contributed by atoms with Crippen molar-refractivity contribution in [3.8, 4) is 0 Å². The molecule has 5 nitrogen and oxygen atoms in total. The van der Waals surface area contributed by atoms with Gasteiger partial charge in [-0.1, -0.05) is 28.1 Å². The first-order chi connectivity index (χ1) is 9.19. The highest BCUT2D eigenvalue weighted by molar-refractivity contribution is 9.10. The quantitative estimate of drug-likeness (QED) is 0.763. The van der Waals surface area contributed by atoms with Crippen molar-refractivity contribution in [3.63, 3.8) is 0 Å². The van der Waals surface area contributed by atoms with E-state index in [0.29, 0.717) is 0 Å². The van der Waals surface area contributed by atoms with E-state index in [-0.39, 0.29) is 36.5 Å². The molecule has 0 aromatic heterocycles. The number of carbonyl (C=O) groups excluding carboxylic acids is 1. The monoisotopic (exact) mass is 398 g/mol. The smallest absolute Gasteiger partial charge is 0.237 e. The Labute approximate surface area is 140 Å². The lowest BCUT2D eigenvalue weighted by atomic mass is 10.1. The van der Waals surface area contributed by atoms with E-state index in [0.717, 1.165) is 16.3 Å². The number of benzene rings is 1. The van der Waals surface area contributed by atoms with Gasteiger partial charge >= 0.3 is 0 Å². The van der Waals surface area contributed by atoms with Crippen LogP contribution in [0.4, 0.5) is 0 Å². The van der Waals surface area contributed by atoms with Crippen LogP contribution in [-0.4, -0.2) is 32.4 Å². The van der Waals surface area contributed by atoms with Crippen LogP contribution in [0.5, 0.6) is 0 Å². The Morgan fingerprint density at radius 1 is 1.33 bits per heavy atom. The molecular formula is C13H20BrClN2O3S. The number of nitrogens with two attached hydrogens (primary N) is 1. The molecule has 0 spiro atoms. The summed E-state index contributed by atoms with van der Waals surface area (Å²) in [5, 5.41) is 2.78. The van der Waals surface area contributed by atoms with E-state index in [9.17, 15) is 13.2 Å². The molecular weight excluding hydrogens is 380 g/mol. The van der Waals surface area contributed by atoms with Crippen molar-refractivity contribution in [2.45, 2.75) is 25.4 Å². The lowest BCUT2D eigenvalue weighted by Gasteiger charge is -2.17. The van der Waals surface area contributed by atoms with E-state index in [2.05, 4.69) is 21.2 Å². The first-order valence-electron chi connectivity index (χ1n) is 6.18. The van der Waals surface area contributed by atoms with Crippen molar-refractivity contribution in [3.05, 3.63) is 34.3 Å². The van der Waals surface area contributed by atoms with Gasteiger partial charge in [0.1, 0.15) is 9.84 Å². The largest absolute Gasteiger partial charge is 0.348 e. The topological polar surface area (TPSA) is 89.3 Å². The van der Waals surface area contributed by atoms with E-state index < -0.39 is 15.9 Å². The summed E-state index contributed by atoms with van der Waals surface area (Å²) in [4.78, 5) is 11.9. The summed E-state index contributed by atoms with van der Waals surface area (Å²) in [5.74, 6) is -0.432. The molecule has 1 aromatic carbocycles. The standard InChI is InChI=1S/C13H19BrN2O3S.ClH/c1-9(10-3-5-11(14)6-4-10)16-13(17)12(15)7-8-20(2,18)19;/h3-6,9,12H,7-8,15H2,1-2H3,(H,16,17);1H. The molecule has 3 N–H and O–H groups in total. The molecule has 1 amide bonds. The van der Waals surface area contributed by atoms with Gasteiger partial charge in [-0.15, -0.1) is 12.4 Å². The SMILES string of the molecule is CC(NC(=O)C(N)CCS(C)(=O)=O)c1ccc(Br)cc1.Cl. The van der Waals surface area contributed by atoms with Crippen LogP contribution in [0.3, 0.4) is 0 Å². The Morgan fingerprint density at radius 3 is 2.33 bits per heavy atom. The zero-order valence-corrected chi connectivity index (χ0v) is 15.1. The van der Waals surface area contributed by atoms with Crippen LogP contribution in [0, 0.1) is 0 Å². The Bertz CT molecular complexity index is 563. The van der Waals surface area contributed by atoms with Crippen LogP contribution in [-0.2, 0) is 14.6 Å². The fourth-order valence-corrected chi connectivity index (χ4v) is 2.57. The number of carbonyl (C=O) groups is 1. The van der Waals surface area contributed by atoms with Crippen molar-refractivity contribution < 1.29 is 13.2 Å². The predicted molar refractivity (Wildman–Crippen MR) is 90.3 cm³/mol. The molecule has 0 fully saturated rings. The average molecular weight is 400 g/mol. The molecule has 21 heavy (non-hydrogen) atoms. The molecule has 2 unspecified atom stereocenters. The van der Waals surface area contributed by atoms with Gasteiger partial charge in [0.15, 0.2) is 0 Å². The van der Waals surface area contributed by atoms with E-state index in [1.807, 2.05) is 31.2 Å². The third-order valence-electron chi connectivity index (χ3n) is 2.87. The summed E-state index contributed by atoms with van der Waals surface area (Å²) >= 11 is 3.34. The zero-order chi connectivity index (χ0) is 15.3. The van der Waals surface area contributed by atoms with Crippen molar-refractivity contribution in [1.29, 1.82) is 0 Å². The normalized spacial score (nSPS) is 13.9. The molecule has 0 aliphatic carbocycles.